The molecule has 5 heteroatoms. The first-order chi connectivity index (χ1) is 10.5. The number of carbonyl (C=O) groups excluding carboxylic acids is 2. The summed E-state index contributed by atoms with van der Waals surface area (Å²) in [6.45, 7) is 7.13. The number of esters is 1. The van der Waals surface area contributed by atoms with Crippen LogP contribution in [0.1, 0.15) is 40.0 Å². The number of unbranched alkanes of at least 4 members (excludes halogenated alkanes) is 1. The van der Waals surface area contributed by atoms with Crippen LogP contribution in [-0.4, -0.2) is 47.7 Å². The van der Waals surface area contributed by atoms with Gasteiger partial charge in [-0.1, -0.05) is 32.4 Å². The third-order valence-electron chi connectivity index (χ3n) is 5.27. The van der Waals surface area contributed by atoms with Gasteiger partial charge >= 0.3 is 5.97 Å². The van der Waals surface area contributed by atoms with E-state index in [4.69, 9.17) is 9.47 Å². The predicted octanol–water partition coefficient (Wildman–Crippen LogP) is 1.91. The largest absolute Gasteiger partial charge is 0.465 e. The number of likely N-dealkylation sites (tertiary alicyclic amines) is 1. The minimum atomic E-state index is -0.611. The Morgan fingerprint density at radius 1 is 1.55 bits per heavy atom. The van der Waals surface area contributed by atoms with E-state index in [-0.39, 0.29) is 24.0 Å². The molecule has 0 aliphatic carbocycles. The van der Waals surface area contributed by atoms with Crippen LogP contribution in [0.25, 0.3) is 0 Å². The van der Waals surface area contributed by atoms with E-state index >= 15 is 0 Å². The zero-order chi connectivity index (χ0) is 15.9. The van der Waals surface area contributed by atoms with Gasteiger partial charge in [0.15, 0.2) is 0 Å². The number of nitrogens with zero attached hydrogens (tertiary/aromatic N) is 1. The lowest BCUT2D eigenvalue weighted by Crippen LogP contribution is -2.41. The summed E-state index contributed by atoms with van der Waals surface area (Å²) in [5, 5.41) is 0. The topological polar surface area (TPSA) is 55.8 Å². The van der Waals surface area contributed by atoms with Gasteiger partial charge < -0.3 is 14.4 Å². The van der Waals surface area contributed by atoms with Gasteiger partial charge in [0.25, 0.3) is 0 Å². The molecular weight excluding hydrogens is 282 g/mol. The molecule has 122 valence electrons. The zero-order valence-electron chi connectivity index (χ0n) is 13.6. The second-order valence-electron chi connectivity index (χ2n) is 6.64. The van der Waals surface area contributed by atoms with Crippen molar-refractivity contribution in [2.45, 2.75) is 57.8 Å². The van der Waals surface area contributed by atoms with Crippen LogP contribution in [0.5, 0.6) is 0 Å². The van der Waals surface area contributed by atoms with Crippen LogP contribution in [0.2, 0.25) is 0 Å². The molecule has 22 heavy (non-hydrogen) atoms. The molecule has 5 nitrogen and oxygen atoms in total. The van der Waals surface area contributed by atoms with Gasteiger partial charge in [0.05, 0.1) is 25.2 Å². The van der Waals surface area contributed by atoms with Crippen LogP contribution in [0.3, 0.4) is 0 Å². The monoisotopic (exact) mass is 307 g/mol. The molecule has 0 saturated carbocycles. The minimum Gasteiger partial charge on any atom is -0.465 e. The molecule has 5 atom stereocenters. The summed E-state index contributed by atoms with van der Waals surface area (Å²) in [6, 6.07) is 0.167. The highest BCUT2D eigenvalue weighted by molar-refractivity contribution is 5.91. The highest BCUT2D eigenvalue weighted by Crippen LogP contribution is 2.52. The fourth-order valence-corrected chi connectivity index (χ4v) is 3.80. The van der Waals surface area contributed by atoms with Crippen LogP contribution in [0.4, 0.5) is 0 Å². The zero-order valence-corrected chi connectivity index (χ0v) is 13.6. The quantitative estimate of drug-likeness (QED) is 0.427. The Balaban J connectivity index is 1.79. The Morgan fingerprint density at radius 3 is 3.00 bits per heavy atom. The highest BCUT2D eigenvalue weighted by atomic mass is 16.6. The van der Waals surface area contributed by atoms with E-state index in [0.717, 1.165) is 19.3 Å². The normalized spacial score (nSPS) is 36.8. The molecule has 0 aromatic heterocycles. The number of fused-ring (bicyclic) bond motifs is 1. The van der Waals surface area contributed by atoms with Gasteiger partial charge in [-0.25, -0.2) is 0 Å². The summed E-state index contributed by atoms with van der Waals surface area (Å²) in [6.07, 6.45) is 6.33. The molecule has 0 aromatic carbocycles. The number of hydrogen-bond acceptors (Lipinski definition) is 4. The molecule has 3 aliphatic heterocycles. The number of carbonyl (C=O) groups is 2. The second-order valence-corrected chi connectivity index (χ2v) is 6.64. The van der Waals surface area contributed by atoms with E-state index in [1.807, 2.05) is 24.0 Å². The Hall–Kier alpha value is -1.36. The SMILES string of the molecule is CCCCOC(=O)[C@H]1[C@H]2C(=O)N([C@H](C)CC)C[C@@]23C=C[C@H]1O3. The average Bonchev–Trinajstić information content (AvgIpc) is 3.15. The number of amides is 1. The average molecular weight is 307 g/mol. The first-order valence-corrected chi connectivity index (χ1v) is 8.38. The lowest BCUT2D eigenvalue weighted by molar-refractivity contribution is -0.154. The van der Waals surface area contributed by atoms with Gasteiger partial charge in [-0.3, -0.25) is 9.59 Å². The van der Waals surface area contributed by atoms with E-state index in [2.05, 4.69) is 13.8 Å². The Bertz CT molecular complexity index is 503. The summed E-state index contributed by atoms with van der Waals surface area (Å²) < 4.78 is 11.4. The molecule has 3 aliphatic rings. The number of hydrogen-bond donors (Lipinski definition) is 0. The Labute approximate surface area is 131 Å². The Kier molecular flexibility index (Phi) is 4.02. The summed E-state index contributed by atoms with van der Waals surface area (Å²) in [7, 11) is 0. The molecule has 2 saturated heterocycles. The summed E-state index contributed by atoms with van der Waals surface area (Å²) >= 11 is 0. The molecule has 2 fully saturated rings. The lowest BCUT2D eigenvalue weighted by Gasteiger charge is -2.26. The van der Waals surface area contributed by atoms with Gasteiger partial charge in [0, 0.05) is 6.04 Å². The third-order valence-corrected chi connectivity index (χ3v) is 5.27. The predicted molar refractivity (Wildman–Crippen MR) is 81.1 cm³/mol. The van der Waals surface area contributed by atoms with Gasteiger partial charge in [-0.05, 0) is 19.8 Å². The summed E-state index contributed by atoms with van der Waals surface area (Å²) in [4.78, 5) is 27.1. The standard InChI is InChI=1S/C17H25NO4/c1-4-6-9-21-16(20)13-12-7-8-17(22-12)10-18(11(3)5-2)15(19)14(13)17/h7-8,11-14H,4-6,9-10H2,1-3H3/t11-,12-,13-,14+,17+/m1/s1. The van der Waals surface area contributed by atoms with E-state index in [1.165, 1.54) is 0 Å². The van der Waals surface area contributed by atoms with Crippen molar-refractivity contribution in [2.75, 3.05) is 13.2 Å². The summed E-state index contributed by atoms with van der Waals surface area (Å²) in [5.41, 5.74) is -0.611. The van der Waals surface area contributed by atoms with Gasteiger partial charge in [-0.2, -0.15) is 0 Å². The number of ether oxygens (including phenoxy) is 2. The van der Waals surface area contributed by atoms with Crippen LogP contribution in [0, 0.1) is 11.8 Å². The van der Waals surface area contributed by atoms with Crippen LogP contribution >= 0.6 is 0 Å². The van der Waals surface area contributed by atoms with Crippen LogP contribution in [0.15, 0.2) is 12.2 Å². The van der Waals surface area contributed by atoms with Crippen molar-refractivity contribution in [1.29, 1.82) is 0 Å². The minimum absolute atomic E-state index is 0.0404. The second kappa shape index (κ2) is 5.69. The Morgan fingerprint density at radius 2 is 2.32 bits per heavy atom. The smallest absolute Gasteiger partial charge is 0.312 e. The molecule has 2 bridgehead atoms. The van der Waals surface area contributed by atoms with E-state index in [9.17, 15) is 9.59 Å². The van der Waals surface area contributed by atoms with Crippen LogP contribution < -0.4 is 0 Å². The van der Waals surface area contributed by atoms with Crippen molar-refractivity contribution in [2.24, 2.45) is 11.8 Å². The molecule has 3 rings (SSSR count). The fraction of sp³-hybridized carbons (Fsp3) is 0.765. The first kappa shape index (κ1) is 15.5. The maximum Gasteiger partial charge on any atom is 0.312 e. The van der Waals surface area contributed by atoms with Crippen molar-refractivity contribution in [3.8, 4) is 0 Å². The van der Waals surface area contributed by atoms with Crippen LogP contribution in [-0.2, 0) is 19.1 Å². The maximum atomic E-state index is 12.8. The third kappa shape index (κ3) is 2.18. The maximum absolute atomic E-state index is 12.8. The molecule has 1 spiro atoms. The van der Waals surface area contributed by atoms with E-state index in [1.54, 1.807) is 0 Å². The van der Waals surface area contributed by atoms with Crippen molar-refractivity contribution in [1.82, 2.24) is 4.90 Å². The van der Waals surface area contributed by atoms with Crippen molar-refractivity contribution < 1.29 is 19.1 Å². The fourth-order valence-electron chi connectivity index (χ4n) is 3.80. The molecule has 1 amide bonds. The molecule has 3 heterocycles. The van der Waals surface area contributed by atoms with Crippen molar-refractivity contribution in [3.05, 3.63) is 12.2 Å². The van der Waals surface area contributed by atoms with Gasteiger partial charge in [0.2, 0.25) is 5.91 Å². The first-order valence-electron chi connectivity index (χ1n) is 8.38. The molecule has 0 aromatic rings. The van der Waals surface area contributed by atoms with Gasteiger partial charge in [-0.15, -0.1) is 0 Å². The highest BCUT2D eigenvalue weighted by Gasteiger charge is 2.67. The summed E-state index contributed by atoms with van der Waals surface area (Å²) in [5.74, 6) is -1.14. The van der Waals surface area contributed by atoms with Gasteiger partial charge in [0.1, 0.15) is 11.5 Å². The van der Waals surface area contributed by atoms with Crippen molar-refractivity contribution in [3.63, 3.8) is 0 Å². The molecule has 0 radical (unpaired) electrons. The van der Waals surface area contributed by atoms with E-state index < -0.39 is 17.4 Å². The lowest BCUT2D eigenvalue weighted by atomic mass is 9.77. The molecular formula is C17H25NO4. The van der Waals surface area contributed by atoms with Crippen molar-refractivity contribution >= 4 is 11.9 Å². The van der Waals surface area contributed by atoms with E-state index in [0.29, 0.717) is 13.2 Å². The number of rotatable bonds is 6. The molecule has 0 unspecified atom stereocenters. The molecule has 0 N–H and O–H groups in total.